The maximum atomic E-state index is 14.1. The molecule has 0 nitrogen and oxygen atoms in total. The van der Waals surface area contributed by atoms with Crippen molar-refractivity contribution in [1.82, 2.24) is 0 Å². The summed E-state index contributed by atoms with van der Waals surface area (Å²) in [5, 5.41) is -2.82. The van der Waals surface area contributed by atoms with Gasteiger partial charge in [-0.1, -0.05) is 33.0 Å². The standard InChI is InChI=1S/C9H21FP2S2/c1-4-7-11(8-5-2,9-6-3)12(10,13)14/h4-9H2,1-3H3/p+1. The molecule has 0 aromatic heterocycles. The second kappa shape index (κ2) is 6.84. The van der Waals surface area contributed by atoms with Crippen molar-refractivity contribution in [2.75, 3.05) is 18.5 Å². The summed E-state index contributed by atoms with van der Waals surface area (Å²) in [6.07, 6.45) is 6.17. The molecule has 0 spiro atoms. The molecular weight excluding hydrogens is 253 g/mol. The smallest absolute Gasteiger partial charge is 0.165 e. The Morgan fingerprint density at radius 3 is 1.50 bits per heavy atom. The molecule has 0 N–H and O–H groups in total. The van der Waals surface area contributed by atoms with Crippen LogP contribution in [0.2, 0.25) is 0 Å². The molecule has 0 aromatic carbocycles. The molecule has 0 aliphatic carbocycles. The normalized spacial score (nSPS) is 16.6. The van der Waals surface area contributed by atoms with Crippen LogP contribution in [-0.4, -0.2) is 18.5 Å². The zero-order valence-corrected chi connectivity index (χ0v) is 12.9. The van der Waals surface area contributed by atoms with Gasteiger partial charge < -0.3 is 0 Å². The first kappa shape index (κ1) is 15.4. The van der Waals surface area contributed by atoms with E-state index in [0.717, 1.165) is 37.7 Å². The molecule has 0 aliphatic rings. The summed E-state index contributed by atoms with van der Waals surface area (Å²) in [6, 6.07) is 0. The number of hydrogen-bond acceptors (Lipinski definition) is 1. The highest BCUT2D eigenvalue weighted by atomic mass is 33.1. The Morgan fingerprint density at radius 1 is 1.07 bits per heavy atom. The molecule has 0 aromatic rings. The average molecular weight is 275 g/mol. The largest absolute Gasteiger partial charge is 0.291 e. The summed E-state index contributed by atoms with van der Waals surface area (Å²) in [6.45, 7) is 4.82. The predicted molar refractivity (Wildman–Crippen MR) is 76.8 cm³/mol. The van der Waals surface area contributed by atoms with E-state index in [9.17, 15) is 4.20 Å². The van der Waals surface area contributed by atoms with Crippen molar-refractivity contribution in [3.05, 3.63) is 0 Å². The van der Waals surface area contributed by atoms with Crippen molar-refractivity contribution in [1.29, 1.82) is 0 Å². The van der Waals surface area contributed by atoms with E-state index in [-0.39, 0.29) is 0 Å². The Bertz CT molecular complexity index is 186. The molecule has 0 saturated carbocycles. The quantitative estimate of drug-likeness (QED) is 0.482. The summed E-state index contributed by atoms with van der Waals surface area (Å²) in [5.41, 5.74) is 0. The van der Waals surface area contributed by atoms with Crippen molar-refractivity contribution in [3.63, 3.8) is 0 Å². The molecule has 0 heterocycles. The summed E-state index contributed by atoms with van der Waals surface area (Å²) < 4.78 is 14.1. The topological polar surface area (TPSA) is 0 Å². The van der Waals surface area contributed by atoms with Crippen LogP contribution in [-0.2, 0) is 11.8 Å². The third kappa shape index (κ3) is 4.08. The predicted octanol–water partition coefficient (Wildman–Crippen LogP) is 5.36. The molecule has 0 radical (unpaired) electrons. The number of hydrogen-bond donors (Lipinski definition) is 1. The first-order valence-electron chi connectivity index (χ1n) is 5.32. The summed E-state index contributed by atoms with van der Waals surface area (Å²) in [7, 11) is 0. The molecule has 1 atom stereocenters. The minimum absolute atomic E-state index is 1.01. The summed E-state index contributed by atoms with van der Waals surface area (Å²) in [4.78, 5) is 0. The van der Waals surface area contributed by atoms with Gasteiger partial charge in [0.15, 0.2) is 0 Å². The van der Waals surface area contributed by atoms with Gasteiger partial charge in [0.2, 0.25) is 0 Å². The maximum absolute atomic E-state index is 14.1. The number of halogens is 1. The van der Waals surface area contributed by atoms with Gasteiger partial charge in [-0.2, -0.15) is 4.20 Å². The highest BCUT2D eigenvalue weighted by molar-refractivity contribution is 8.87. The van der Waals surface area contributed by atoms with Crippen LogP contribution in [0.4, 0.5) is 4.20 Å². The zero-order chi connectivity index (χ0) is 11.2. The zero-order valence-electron chi connectivity index (χ0n) is 9.37. The van der Waals surface area contributed by atoms with Crippen LogP contribution in [0.5, 0.6) is 0 Å². The average Bonchev–Trinajstić information content (AvgIpc) is 2.03. The van der Waals surface area contributed by atoms with E-state index in [0.29, 0.717) is 0 Å². The molecule has 14 heavy (non-hydrogen) atoms. The number of rotatable bonds is 7. The molecule has 5 heteroatoms. The van der Waals surface area contributed by atoms with Crippen LogP contribution >= 0.6 is 24.4 Å². The van der Waals surface area contributed by atoms with Crippen molar-refractivity contribution in [3.8, 4) is 0 Å². The lowest BCUT2D eigenvalue weighted by atomic mass is 10.6. The minimum atomic E-state index is -2.82. The highest BCUT2D eigenvalue weighted by Gasteiger charge is 2.48. The van der Waals surface area contributed by atoms with Gasteiger partial charge in [0, 0.05) is 0 Å². The molecule has 0 amide bonds. The third-order valence-electron chi connectivity index (χ3n) is 2.44. The molecule has 0 rings (SSSR count). The SMILES string of the molecule is CCC[P+](CCC)(CCC)P(F)(=S)S. The van der Waals surface area contributed by atoms with Gasteiger partial charge >= 0.3 is 0 Å². The number of thiol groups is 1. The Morgan fingerprint density at radius 2 is 1.36 bits per heavy atom. The monoisotopic (exact) mass is 275 g/mol. The second-order valence-electron chi connectivity index (χ2n) is 3.74. The van der Waals surface area contributed by atoms with Crippen molar-refractivity contribution < 1.29 is 4.20 Å². The first-order valence-corrected chi connectivity index (χ1v) is 12.2. The van der Waals surface area contributed by atoms with Crippen LogP contribution in [0, 0.1) is 0 Å². The molecule has 0 aliphatic heterocycles. The maximum Gasteiger partial charge on any atom is 0.291 e. The first-order chi connectivity index (χ1) is 6.43. The van der Waals surface area contributed by atoms with Gasteiger partial charge in [-0.15, -0.1) is 0 Å². The molecule has 86 valence electrons. The van der Waals surface area contributed by atoms with E-state index in [1.807, 2.05) is 0 Å². The van der Waals surface area contributed by atoms with Gasteiger partial charge in [0.25, 0.3) is 5.24 Å². The Hall–Kier alpha value is 1.36. The minimum Gasteiger partial charge on any atom is -0.165 e. The fraction of sp³-hybridized carbons (Fsp3) is 1.00. The van der Waals surface area contributed by atoms with Crippen molar-refractivity contribution >= 4 is 36.2 Å². The van der Waals surface area contributed by atoms with Crippen LogP contribution in [0.3, 0.4) is 0 Å². The summed E-state index contributed by atoms with van der Waals surface area (Å²) >= 11 is 9.22. The van der Waals surface area contributed by atoms with Crippen LogP contribution in [0.15, 0.2) is 0 Å². The van der Waals surface area contributed by atoms with Gasteiger partial charge in [-0.25, -0.2) is 0 Å². The van der Waals surface area contributed by atoms with E-state index in [4.69, 9.17) is 11.8 Å². The van der Waals surface area contributed by atoms with Crippen LogP contribution in [0.25, 0.3) is 0 Å². The lowest BCUT2D eigenvalue weighted by Crippen LogP contribution is -2.04. The second-order valence-corrected chi connectivity index (χ2v) is 18.1. The van der Waals surface area contributed by atoms with E-state index >= 15 is 0 Å². The lowest BCUT2D eigenvalue weighted by Gasteiger charge is -2.28. The molecule has 0 saturated heterocycles. The molecule has 0 bridgehead atoms. The fourth-order valence-corrected chi connectivity index (χ4v) is 14.5. The van der Waals surface area contributed by atoms with Crippen molar-refractivity contribution in [2.45, 2.75) is 40.0 Å². The van der Waals surface area contributed by atoms with Crippen LogP contribution < -0.4 is 0 Å². The van der Waals surface area contributed by atoms with E-state index in [1.165, 1.54) is 0 Å². The van der Waals surface area contributed by atoms with E-state index < -0.39 is 12.2 Å². The Labute approximate surface area is 98.9 Å². The van der Waals surface area contributed by atoms with E-state index in [1.54, 1.807) is 0 Å². The molecule has 0 fully saturated rings. The highest BCUT2D eigenvalue weighted by Crippen LogP contribution is 2.93. The molecule has 1 unspecified atom stereocenters. The molecular formula is C9H22FP2S2+. The van der Waals surface area contributed by atoms with Crippen LogP contribution in [0.1, 0.15) is 40.0 Å². The lowest BCUT2D eigenvalue weighted by molar-refractivity contribution is 0.920. The van der Waals surface area contributed by atoms with Crippen molar-refractivity contribution in [2.24, 2.45) is 0 Å². The fourth-order valence-electron chi connectivity index (χ4n) is 1.95. The van der Waals surface area contributed by atoms with Gasteiger partial charge in [-0.05, 0) is 31.1 Å². The summed E-state index contributed by atoms with van der Waals surface area (Å²) in [5.74, 6) is 0. The van der Waals surface area contributed by atoms with Gasteiger partial charge in [0.1, 0.15) is 0 Å². The Kier molecular flexibility index (Phi) is 7.50. The Balaban J connectivity index is 4.83. The third-order valence-corrected chi connectivity index (χ3v) is 18.8. The van der Waals surface area contributed by atoms with E-state index in [2.05, 4.69) is 33.0 Å². The van der Waals surface area contributed by atoms with Gasteiger partial charge in [0.05, 0.1) is 25.4 Å². The van der Waals surface area contributed by atoms with Gasteiger partial charge in [-0.3, -0.25) is 0 Å².